The fourth-order valence-electron chi connectivity index (χ4n) is 1.74. The van der Waals surface area contributed by atoms with Crippen LogP contribution in [0, 0.1) is 5.41 Å². The minimum absolute atomic E-state index is 0. The van der Waals surface area contributed by atoms with E-state index in [9.17, 15) is 0 Å². The van der Waals surface area contributed by atoms with E-state index < -0.39 is 0 Å². The molecule has 0 saturated heterocycles. The van der Waals surface area contributed by atoms with Crippen molar-refractivity contribution in [2.45, 2.75) is 34.1 Å². The van der Waals surface area contributed by atoms with Gasteiger partial charge >= 0.3 is 84.8 Å². The Bertz CT molecular complexity index is 234. The van der Waals surface area contributed by atoms with Gasteiger partial charge < -0.3 is 0 Å². The second-order valence-electron chi connectivity index (χ2n) is 4.19. The van der Waals surface area contributed by atoms with Crippen LogP contribution in [0.5, 0.6) is 0 Å². The molecule has 0 aliphatic heterocycles. The van der Waals surface area contributed by atoms with Crippen molar-refractivity contribution in [2.24, 2.45) is 5.41 Å². The first-order chi connectivity index (χ1) is 4.93. The van der Waals surface area contributed by atoms with Crippen molar-refractivity contribution in [3.8, 4) is 0 Å². The number of hydrogen-bond donors (Lipinski definition) is 0. The van der Waals surface area contributed by atoms with Crippen LogP contribution in [-0.2, 0) is 24.7 Å². The third kappa shape index (κ3) is 3.90. The van der Waals surface area contributed by atoms with Crippen LogP contribution in [0.4, 0.5) is 0 Å². The number of allylic oxidation sites excluding steroid dienone is 4. The molecule has 0 aromatic heterocycles. The van der Waals surface area contributed by atoms with Crippen molar-refractivity contribution >= 4 is 24.8 Å². The topological polar surface area (TPSA) is 0 Å². The van der Waals surface area contributed by atoms with Crippen molar-refractivity contribution in [1.29, 1.82) is 0 Å². The maximum absolute atomic E-state index is 2.35. The molecule has 1 aliphatic rings. The second kappa shape index (κ2) is 5.73. The minimum atomic E-state index is 0. The van der Waals surface area contributed by atoms with Gasteiger partial charge in [-0.2, -0.15) is 0 Å². The Morgan fingerprint density at radius 2 is 1.69 bits per heavy atom. The van der Waals surface area contributed by atoms with Crippen LogP contribution >= 0.6 is 24.8 Å². The van der Waals surface area contributed by atoms with Crippen LogP contribution in [0.2, 0.25) is 0 Å². The molecule has 0 radical (unpaired) electrons. The molecule has 0 nitrogen and oxygen atoms in total. The van der Waals surface area contributed by atoms with Gasteiger partial charge in [-0.25, -0.2) is 0 Å². The zero-order chi connectivity index (χ0) is 8.65. The summed E-state index contributed by atoms with van der Waals surface area (Å²) < 4.78 is 1.64. The SMILES string of the molecule is CC1=CC[C]([Zr])=C1C(C)(C)C.Cl.Cl. The number of hydrogen-bond acceptors (Lipinski definition) is 0. The van der Waals surface area contributed by atoms with E-state index in [1.165, 1.54) is 12.0 Å². The molecule has 0 amide bonds. The molecule has 0 aromatic carbocycles. The summed E-state index contributed by atoms with van der Waals surface area (Å²) in [5.41, 5.74) is 3.47. The van der Waals surface area contributed by atoms with Gasteiger partial charge in [0.05, 0.1) is 0 Å². The van der Waals surface area contributed by atoms with E-state index in [-0.39, 0.29) is 24.8 Å². The van der Waals surface area contributed by atoms with E-state index in [2.05, 4.69) is 33.8 Å². The summed E-state index contributed by atoms with van der Waals surface area (Å²) in [4.78, 5) is 0. The van der Waals surface area contributed by atoms with E-state index in [1.54, 1.807) is 33.6 Å². The molecule has 0 atom stereocenters. The molecule has 1 rings (SSSR count). The minimum Gasteiger partial charge on any atom is -0.147 e. The van der Waals surface area contributed by atoms with E-state index in [4.69, 9.17) is 0 Å². The molecule has 0 aromatic rings. The molecule has 0 unspecified atom stereocenters. The molecule has 0 spiro atoms. The monoisotopic (exact) mass is 297 g/mol. The normalized spacial score (nSPS) is 16.1. The summed E-state index contributed by atoms with van der Waals surface area (Å²) in [6, 6.07) is 0. The van der Waals surface area contributed by atoms with E-state index in [0.717, 1.165) is 0 Å². The first kappa shape index (κ1) is 16.4. The second-order valence-corrected chi connectivity index (χ2v) is 5.68. The average Bonchev–Trinajstić information content (AvgIpc) is 2.08. The fourth-order valence-corrected chi connectivity index (χ4v) is 3.40. The summed E-state index contributed by atoms with van der Waals surface area (Å²) in [5.74, 6) is 0. The first-order valence-electron chi connectivity index (χ1n) is 4.05. The summed E-state index contributed by atoms with van der Waals surface area (Å²) in [7, 11) is 0. The van der Waals surface area contributed by atoms with Crippen LogP contribution in [0.1, 0.15) is 34.1 Å². The third-order valence-corrected chi connectivity index (χ3v) is 3.17. The molecule has 1 aliphatic carbocycles. The predicted octanol–water partition coefficient (Wildman–Crippen LogP) is 4.03. The number of halogens is 2. The van der Waals surface area contributed by atoms with Gasteiger partial charge in [-0.05, 0) is 0 Å². The quantitative estimate of drug-likeness (QED) is 0.633. The summed E-state index contributed by atoms with van der Waals surface area (Å²) in [6.45, 7) is 9.14. The van der Waals surface area contributed by atoms with Gasteiger partial charge in [0.15, 0.2) is 0 Å². The molecule has 13 heavy (non-hydrogen) atoms. The Morgan fingerprint density at radius 1 is 1.23 bits per heavy atom. The van der Waals surface area contributed by atoms with Gasteiger partial charge in [-0.1, -0.05) is 0 Å². The Balaban J connectivity index is 0. The molecule has 0 N–H and O–H groups in total. The van der Waals surface area contributed by atoms with Crippen LogP contribution in [0.25, 0.3) is 0 Å². The van der Waals surface area contributed by atoms with Crippen molar-refractivity contribution in [2.75, 3.05) is 0 Å². The molecule has 0 heterocycles. The molecular formula is C10H17Cl2Zr. The smallest absolute Gasteiger partial charge is 0.147 e. The van der Waals surface area contributed by atoms with E-state index in [0.29, 0.717) is 5.41 Å². The zero-order valence-corrected chi connectivity index (χ0v) is 12.7. The first-order valence-corrected chi connectivity index (χ1v) is 5.28. The van der Waals surface area contributed by atoms with Crippen LogP contribution in [0.3, 0.4) is 0 Å². The van der Waals surface area contributed by atoms with E-state index in [1.807, 2.05) is 0 Å². The van der Waals surface area contributed by atoms with Crippen molar-refractivity contribution in [3.05, 3.63) is 20.5 Å². The zero-order valence-electron chi connectivity index (χ0n) is 8.60. The largest absolute Gasteiger partial charge is 0.147 e. The number of rotatable bonds is 0. The van der Waals surface area contributed by atoms with Gasteiger partial charge in [0.1, 0.15) is 0 Å². The Kier molecular flexibility index (Phi) is 7.22. The van der Waals surface area contributed by atoms with Gasteiger partial charge in [0, 0.05) is 0 Å². The van der Waals surface area contributed by atoms with Gasteiger partial charge in [0.2, 0.25) is 0 Å². The van der Waals surface area contributed by atoms with Crippen LogP contribution in [-0.4, -0.2) is 0 Å². The van der Waals surface area contributed by atoms with Gasteiger partial charge in [-0.15, -0.1) is 24.8 Å². The van der Waals surface area contributed by atoms with Crippen LogP contribution in [0.15, 0.2) is 20.5 Å². The summed E-state index contributed by atoms with van der Waals surface area (Å²) in [6.07, 6.45) is 3.56. The van der Waals surface area contributed by atoms with Crippen molar-refractivity contribution in [1.82, 2.24) is 0 Å². The Labute approximate surface area is 109 Å². The predicted molar refractivity (Wildman–Crippen MR) is 59.4 cm³/mol. The summed E-state index contributed by atoms with van der Waals surface area (Å²) >= 11 is 1.59. The molecule has 0 fully saturated rings. The van der Waals surface area contributed by atoms with Crippen LogP contribution < -0.4 is 0 Å². The van der Waals surface area contributed by atoms with Gasteiger partial charge in [0.25, 0.3) is 0 Å². The Hall–Kier alpha value is 0.943. The maximum atomic E-state index is 2.35. The molecule has 3 heteroatoms. The fraction of sp³-hybridized carbons (Fsp3) is 0.600. The standard InChI is InChI=1S/C10H15.2ClH.Zr/c1-8-6-5-7-9(8)10(2,3)4;;;/h6H,5H2,1-4H3;2*1H;. The average molecular weight is 299 g/mol. The molecular weight excluding hydrogens is 282 g/mol. The molecule has 0 bridgehead atoms. The Morgan fingerprint density at radius 3 is 1.85 bits per heavy atom. The maximum Gasteiger partial charge on any atom is -0.147 e. The molecule has 0 saturated carbocycles. The van der Waals surface area contributed by atoms with Gasteiger partial charge in [-0.3, -0.25) is 0 Å². The molecule has 75 valence electrons. The summed E-state index contributed by atoms with van der Waals surface area (Å²) in [5, 5.41) is 0. The van der Waals surface area contributed by atoms with Crippen molar-refractivity contribution < 1.29 is 24.7 Å². The van der Waals surface area contributed by atoms with Crippen molar-refractivity contribution in [3.63, 3.8) is 0 Å². The van der Waals surface area contributed by atoms with E-state index >= 15 is 0 Å². The third-order valence-electron chi connectivity index (χ3n) is 2.06.